The fourth-order valence-electron chi connectivity index (χ4n) is 2.74. The minimum absolute atomic E-state index is 0.271. The highest BCUT2D eigenvalue weighted by atomic mass is 16.3. The lowest BCUT2D eigenvalue weighted by molar-refractivity contribution is 0.0947. The SMILES string of the molecule is N#Cc1ccccc1CNc1nc(-c2ccco2)nn1C(=O)c1ccccc1. The van der Waals surface area contributed by atoms with Crippen LogP contribution in [0.25, 0.3) is 11.6 Å². The zero-order valence-electron chi connectivity index (χ0n) is 14.7. The van der Waals surface area contributed by atoms with Crippen molar-refractivity contribution in [2.24, 2.45) is 0 Å². The highest BCUT2D eigenvalue weighted by Gasteiger charge is 2.20. The van der Waals surface area contributed by atoms with Crippen LogP contribution in [-0.4, -0.2) is 20.7 Å². The molecule has 2 aromatic heterocycles. The number of nitrogens with zero attached hydrogens (tertiary/aromatic N) is 4. The second-order valence-corrected chi connectivity index (χ2v) is 5.94. The van der Waals surface area contributed by atoms with Crippen molar-refractivity contribution in [3.05, 3.63) is 89.7 Å². The van der Waals surface area contributed by atoms with Gasteiger partial charge >= 0.3 is 0 Å². The Bertz CT molecular complexity index is 1140. The molecule has 7 nitrogen and oxygen atoms in total. The van der Waals surface area contributed by atoms with Gasteiger partial charge in [0.05, 0.1) is 17.9 Å². The summed E-state index contributed by atoms with van der Waals surface area (Å²) in [5.41, 5.74) is 1.84. The van der Waals surface area contributed by atoms with Gasteiger partial charge in [0.2, 0.25) is 11.8 Å². The standard InChI is InChI=1S/C21H15N5O2/c22-13-16-9-4-5-10-17(16)14-23-21-24-19(18-11-6-12-28-18)25-26(21)20(27)15-7-2-1-3-8-15/h1-12H,14H2,(H,23,24,25). The van der Waals surface area contributed by atoms with Gasteiger partial charge in [0.25, 0.3) is 5.91 Å². The fourth-order valence-corrected chi connectivity index (χ4v) is 2.74. The molecule has 0 atom stereocenters. The first-order valence-corrected chi connectivity index (χ1v) is 8.59. The van der Waals surface area contributed by atoms with Crippen LogP contribution in [-0.2, 0) is 6.54 Å². The number of nitrogens with one attached hydrogen (secondary N) is 1. The molecule has 28 heavy (non-hydrogen) atoms. The van der Waals surface area contributed by atoms with E-state index in [0.717, 1.165) is 5.56 Å². The molecule has 1 N–H and O–H groups in total. The van der Waals surface area contributed by atoms with Crippen molar-refractivity contribution in [3.8, 4) is 17.7 Å². The van der Waals surface area contributed by atoms with Crippen molar-refractivity contribution in [2.75, 3.05) is 5.32 Å². The predicted octanol–water partition coefficient (Wildman–Crippen LogP) is 3.71. The van der Waals surface area contributed by atoms with Crippen molar-refractivity contribution in [1.82, 2.24) is 14.8 Å². The van der Waals surface area contributed by atoms with Crippen LogP contribution < -0.4 is 5.32 Å². The molecule has 0 amide bonds. The molecule has 136 valence electrons. The number of furan rings is 1. The average Bonchev–Trinajstić information content (AvgIpc) is 3.42. The second-order valence-electron chi connectivity index (χ2n) is 5.94. The summed E-state index contributed by atoms with van der Waals surface area (Å²) in [5, 5.41) is 16.7. The number of nitriles is 1. The van der Waals surface area contributed by atoms with Gasteiger partial charge in [0.15, 0.2) is 5.76 Å². The second kappa shape index (κ2) is 7.60. The third kappa shape index (κ3) is 3.39. The first kappa shape index (κ1) is 17.2. The molecule has 2 aromatic carbocycles. The Kier molecular flexibility index (Phi) is 4.68. The van der Waals surface area contributed by atoms with E-state index in [9.17, 15) is 10.1 Å². The van der Waals surface area contributed by atoms with Gasteiger partial charge < -0.3 is 9.73 Å². The van der Waals surface area contributed by atoms with Crippen LogP contribution in [0.3, 0.4) is 0 Å². The highest BCUT2D eigenvalue weighted by molar-refractivity contribution is 5.97. The van der Waals surface area contributed by atoms with E-state index in [1.165, 1.54) is 10.9 Å². The molecule has 0 saturated heterocycles. The summed E-state index contributed by atoms with van der Waals surface area (Å²) in [7, 11) is 0. The van der Waals surface area contributed by atoms with Crippen LogP contribution in [0.1, 0.15) is 21.5 Å². The summed E-state index contributed by atoms with van der Waals surface area (Å²) in [4.78, 5) is 17.3. The van der Waals surface area contributed by atoms with Crippen LogP contribution in [0.2, 0.25) is 0 Å². The Labute approximate surface area is 160 Å². The normalized spacial score (nSPS) is 10.4. The molecule has 0 spiro atoms. The lowest BCUT2D eigenvalue weighted by Gasteiger charge is -2.08. The van der Waals surface area contributed by atoms with Crippen LogP contribution in [0.15, 0.2) is 77.4 Å². The minimum Gasteiger partial charge on any atom is -0.461 e. The quantitative estimate of drug-likeness (QED) is 0.576. The first-order chi connectivity index (χ1) is 13.8. The Morgan fingerprint density at radius 2 is 1.86 bits per heavy atom. The summed E-state index contributed by atoms with van der Waals surface area (Å²) in [6.07, 6.45) is 1.52. The van der Waals surface area contributed by atoms with Crippen LogP contribution in [0.4, 0.5) is 5.95 Å². The van der Waals surface area contributed by atoms with Gasteiger partial charge in [-0.1, -0.05) is 36.4 Å². The van der Waals surface area contributed by atoms with Crippen molar-refractivity contribution >= 4 is 11.9 Å². The zero-order chi connectivity index (χ0) is 19.3. The molecule has 0 aliphatic rings. The smallest absolute Gasteiger partial charge is 0.281 e. The molecule has 0 bridgehead atoms. The van der Waals surface area contributed by atoms with E-state index in [0.29, 0.717) is 29.3 Å². The fraction of sp³-hybridized carbons (Fsp3) is 0.0476. The highest BCUT2D eigenvalue weighted by Crippen LogP contribution is 2.20. The number of hydrogen-bond acceptors (Lipinski definition) is 6. The molecule has 0 aliphatic heterocycles. The lowest BCUT2D eigenvalue weighted by atomic mass is 10.1. The number of carbonyl (C=O) groups excluding carboxylic acids is 1. The van der Waals surface area contributed by atoms with Gasteiger partial charge in [0, 0.05) is 12.1 Å². The topological polar surface area (TPSA) is 96.7 Å². The van der Waals surface area contributed by atoms with Gasteiger partial charge in [-0.25, -0.2) is 0 Å². The van der Waals surface area contributed by atoms with Crippen molar-refractivity contribution < 1.29 is 9.21 Å². The molecular weight excluding hydrogens is 354 g/mol. The number of anilines is 1. The molecule has 0 saturated carbocycles. The van der Waals surface area contributed by atoms with Gasteiger partial charge in [0.1, 0.15) is 0 Å². The molecule has 0 unspecified atom stereocenters. The van der Waals surface area contributed by atoms with Crippen molar-refractivity contribution in [2.45, 2.75) is 6.54 Å². The van der Waals surface area contributed by atoms with Gasteiger partial charge in [-0.15, -0.1) is 5.10 Å². The molecule has 2 heterocycles. The number of hydrogen-bond donors (Lipinski definition) is 1. The first-order valence-electron chi connectivity index (χ1n) is 8.59. The maximum Gasteiger partial charge on any atom is 0.281 e. The predicted molar refractivity (Wildman–Crippen MR) is 102 cm³/mol. The minimum atomic E-state index is -0.318. The Balaban J connectivity index is 1.69. The van der Waals surface area contributed by atoms with E-state index < -0.39 is 0 Å². The monoisotopic (exact) mass is 369 g/mol. The van der Waals surface area contributed by atoms with Crippen LogP contribution >= 0.6 is 0 Å². The largest absolute Gasteiger partial charge is 0.461 e. The van der Waals surface area contributed by atoms with Crippen LogP contribution in [0.5, 0.6) is 0 Å². The maximum atomic E-state index is 12.9. The van der Waals surface area contributed by atoms with E-state index >= 15 is 0 Å². The zero-order valence-corrected chi connectivity index (χ0v) is 14.7. The number of aromatic nitrogens is 3. The number of carbonyl (C=O) groups is 1. The van der Waals surface area contributed by atoms with E-state index in [-0.39, 0.29) is 11.9 Å². The molecule has 4 rings (SSSR count). The molecule has 0 fully saturated rings. The maximum absolute atomic E-state index is 12.9. The Hall–Kier alpha value is -4.18. The average molecular weight is 369 g/mol. The molecule has 7 heteroatoms. The van der Waals surface area contributed by atoms with Crippen molar-refractivity contribution in [3.63, 3.8) is 0 Å². The summed E-state index contributed by atoms with van der Waals surface area (Å²) < 4.78 is 6.56. The Morgan fingerprint density at radius 1 is 1.07 bits per heavy atom. The summed E-state index contributed by atoms with van der Waals surface area (Å²) in [6, 6.07) is 21.7. The molecular formula is C21H15N5O2. The lowest BCUT2D eigenvalue weighted by Crippen LogP contribution is -2.17. The molecule has 0 aliphatic carbocycles. The number of rotatable bonds is 5. The van der Waals surface area contributed by atoms with E-state index in [1.54, 1.807) is 48.5 Å². The summed E-state index contributed by atoms with van der Waals surface area (Å²) >= 11 is 0. The third-order valence-electron chi connectivity index (χ3n) is 4.14. The molecule has 0 radical (unpaired) electrons. The van der Waals surface area contributed by atoms with E-state index in [1.807, 2.05) is 18.2 Å². The Morgan fingerprint density at radius 3 is 2.61 bits per heavy atom. The van der Waals surface area contributed by atoms with Gasteiger partial charge in [-0.3, -0.25) is 4.79 Å². The number of benzene rings is 2. The molecule has 4 aromatic rings. The van der Waals surface area contributed by atoms with Gasteiger partial charge in [-0.05, 0) is 35.9 Å². The van der Waals surface area contributed by atoms with Crippen LogP contribution in [0, 0.1) is 11.3 Å². The summed E-state index contributed by atoms with van der Waals surface area (Å²) in [5.74, 6) is 0.709. The van der Waals surface area contributed by atoms with E-state index in [4.69, 9.17) is 4.42 Å². The van der Waals surface area contributed by atoms with E-state index in [2.05, 4.69) is 21.5 Å². The van der Waals surface area contributed by atoms with Crippen molar-refractivity contribution in [1.29, 1.82) is 5.26 Å². The summed E-state index contributed by atoms with van der Waals surface area (Å²) in [6.45, 7) is 0.322. The third-order valence-corrected chi connectivity index (χ3v) is 4.14. The van der Waals surface area contributed by atoms with Gasteiger partial charge in [-0.2, -0.15) is 14.9 Å².